The minimum atomic E-state index is 0. The average Bonchev–Trinajstić information content (AvgIpc) is 2.60. The monoisotopic (exact) mass is 482 g/mol. The summed E-state index contributed by atoms with van der Waals surface area (Å²) in [6.07, 6.45) is 18.8. The summed E-state index contributed by atoms with van der Waals surface area (Å²) in [4.78, 5) is 0. The average molecular weight is 483 g/mol. The van der Waals surface area contributed by atoms with Gasteiger partial charge in [-0.2, -0.15) is 0 Å². The second-order valence-electron chi connectivity index (χ2n) is 3.10. The van der Waals surface area contributed by atoms with Crippen LogP contribution in [0.25, 0.3) is 0 Å². The SMILES string of the molecule is C1=CC(CC2C=CC=C2)C=C1.[Br-].[Br-].[Hf]. The molecule has 0 bridgehead atoms. The van der Waals surface area contributed by atoms with Crippen LogP contribution in [0.15, 0.2) is 48.6 Å². The van der Waals surface area contributed by atoms with Crippen molar-refractivity contribution in [2.45, 2.75) is 6.42 Å². The number of halogens is 2. The molecule has 0 amide bonds. The molecule has 14 heavy (non-hydrogen) atoms. The van der Waals surface area contributed by atoms with E-state index in [0.717, 1.165) is 0 Å². The van der Waals surface area contributed by atoms with Crippen LogP contribution in [-0.2, 0) is 25.8 Å². The van der Waals surface area contributed by atoms with Gasteiger partial charge in [-0.25, -0.2) is 0 Å². The van der Waals surface area contributed by atoms with E-state index in [4.69, 9.17) is 0 Å². The first-order valence-corrected chi connectivity index (χ1v) is 4.15. The smallest absolute Gasteiger partial charge is 0 e. The van der Waals surface area contributed by atoms with E-state index in [1.807, 2.05) is 0 Å². The Morgan fingerprint density at radius 3 is 1.21 bits per heavy atom. The normalized spacial score (nSPS) is 17.7. The van der Waals surface area contributed by atoms with Crippen molar-refractivity contribution in [3.63, 3.8) is 0 Å². The Kier molecular flexibility index (Phi) is 11.1. The minimum Gasteiger partial charge on any atom is -1.00 e. The molecular formula is C11H12Br2Hf-2. The second-order valence-corrected chi connectivity index (χ2v) is 3.10. The molecule has 0 aromatic carbocycles. The Hall–Kier alpha value is 0.790. The maximum atomic E-state index is 2.26. The molecule has 0 atom stereocenters. The Labute approximate surface area is 126 Å². The van der Waals surface area contributed by atoms with Crippen molar-refractivity contribution in [2.24, 2.45) is 11.8 Å². The van der Waals surface area contributed by atoms with Crippen molar-refractivity contribution in [3.05, 3.63) is 48.6 Å². The van der Waals surface area contributed by atoms with E-state index in [2.05, 4.69) is 48.6 Å². The number of rotatable bonds is 2. The Morgan fingerprint density at radius 2 is 0.929 bits per heavy atom. The van der Waals surface area contributed by atoms with Gasteiger partial charge in [0.15, 0.2) is 0 Å². The molecule has 3 heteroatoms. The fourth-order valence-corrected chi connectivity index (χ4v) is 1.58. The summed E-state index contributed by atoms with van der Waals surface area (Å²) in [5.74, 6) is 1.35. The quantitative estimate of drug-likeness (QED) is 0.366. The maximum absolute atomic E-state index is 2.26. The molecule has 0 heterocycles. The van der Waals surface area contributed by atoms with Crippen LogP contribution >= 0.6 is 0 Å². The Balaban J connectivity index is 0. The van der Waals surface area contributed by atoms with Gasteiger partial charge < -0.3 is 34.0 Å². The van der Waals surface area contributed by atoms with Crippen LogP contribution in [-0.4, -0.2) is 0 Å². The van der Waals surface area contributed by atoms with Crippen LogP contribution in [0.1, 0.15) is 6.42 Å². The molecule has 2 aliphatic rings. The molecule has 0 aliphatic heterocycles. The number of hydrogen-bond donors (Lipinski definition) is 0. The van der Waals surface area contributed by atoms with Crippen LogP contribution in [0.2, 0.25) is 0 Å². The van der Waals surface area contributed by atoms with Gasteiger partial charge in [-0.3, -0.25) is 0 Å². The molecule has 0 aromatic heterocycles. The van der Waals surface area contributed by atoms with Crippen LogP contribution in [0, 0.1) is 11.8 Å². The van der Waals surface area contributed by atoms with Gasteiger partial charge in [-0.15, -0.1) is 0 Å². The molecule has 0 N–H and O–H groups in total. The van der Waals surface area contributed by atoms with Crippen LogP contribution < -0.4 is 34.0 Å². The third-order valence-electron chi connectivity index (χ3n) is 2.20. The molecule has 0 spiro atoms. The van der Waals surface area contributed by atoms with Crippen molar-refractivity contribution < 1.29 is 59.8 Å². The van der Waals surface area contributed by atoms with Crippen molar-refractivity contribution in [3.8, 4) is 0 Å². The largest absolute Gasteiger partial charge is 1.00 e. The summed E-state index contributed by atoms with van der Waals surface area (Å²) >= 11 is 0. The molecule has 0 unspecified atom stereocenters. The third-order valence-corrected chi connectivity index (χ3v) is 2.20. The van der Waals surface area contributed by atoms with E-state index in [0.29, 0.717) is 11.8 Å². The zero-order valence-corrected chi connectivity index (χ0v) is 14.5. The topological polar surface area (TPSA) is 0 Å². The molecular weight excluding hydrogens is 470 g/mol. The van der Waals surface area contributed by atoms with Crippen molar-refractivity contribution in [1.29, 1.82) is 0 Å². The van der Waals surface area contributed by atoms with E-state index in [1.165, 1.54) is 6.42 Å². The van der Waals surface area contributed by atoms with E-state index in [-0.39, 0.29) is 59.8 Å². The van der Waals surface area contributed by atoms with Gasteiger partial charge in [-0.05, 0) is 18.3 Å². The minimum absolute atomic E-state index is 0. The maximum Gasteiger partial charge on any atom is 0 e. The molecule has 0 radical (unpaired) electrons. The van der Waals surface area contributed by atoms with Gasteiger partial charge in [0.2, 0.25) is 0 Å². The van der Waals surface area contributed by atoms with Crippen LogP contribution in [0.4, 0.5) is 0 Å². The first kappa shape index (κ1) is 17.2. The molecule has 0 aromatic rings. The molecule has 0 saturated carbocycles. The molecule has 2 aliphatic carbocycles. The predicted molar refractivity (Wildman–Crippen MR) is 48.2 cm³/mol. The van der Waals surface area contributed by atoms with Gasteiger partial charge in [0.25, 0.3) is 0 Å². The molecule has 76 valence electrons. The molecule has 0 saturated heterocycles. The third kappa shape index (κ3) is 5.04. The van der Waals surface area contributed by atoms with E-state index in [9.17, 15) is 0 Å². The molecule has 0 nitrogen and oxygen atoms in total. The zero-order chi connectivity index (χ0) is 7.52. The van der Waals surface area contributed by atoms with Crippen LogP contribution in [0.3, 0.4) is 0 Å². The fraction of sp³-hybridized carbons (Fsp3) is 0.273. The van der Waals surface area contributed by atoms with E-state index < -0.39 is 0 Å². The van der Waals surface area contributed by atoms with Gasteiger partial charge in [0.05, 0.1) is 0 Å². The van der Waals surface area contributed by atoms with Gasteiger partial charge in [0.1, 0.15) is 0 Å². The Morgan fingerprint density at radius 1 is 0.643 bits per heavy atom. The zero-order valence-electron chi connectivity index (χ0n) is 7.74. The summed E-state index contributed by atoms with van der Waals surface area (Å²) < 4.78 is 0. The van der Waals surface area contributed by atoms with Crippen LogP contribution in [0.5, 0.6) is 0 Å². The first-order valence-electron chi connectivity index (χ1n) is 4.15. The summed E-state index contributed by atoms with van der Waals surface area (Å²) in [5, 5.41) is 0. The van der Waals surface area contributed by atoms with Crippen molar-refractivity contribution in [1.82, 2.24) is 0 Å². The van der Waals surface area contributed by atoms with Gasteiger partial charge >= 0.3 is 0 Å². The summed E-state index contributed by atoms with van der Waals surface area (Å²) in [5.41, 5.74) is 0. The Bertz CT molecular complexity index is 204. The standard InChI is InChI=1S/C11H12.2BrH.Hf/c1-2-6-10(5-1)9-11-7-3-4-8-11;;;/h1-8,10-11H,9H2;2*1H;/p-2. The second kappa shape index (κ2) is 9.05. The fourth-order valence-electron chi connectivity index (χ4n) is 1.58. The van der Waals surface area contributed by atoms with Crippen molar-refractivity contribution in [2.75, 3.05) is 0 Å². The first-order chi connectivity index (χ1) is 5.45. The summed E-state index contributed by atoms with van der Waals surface area (Å²) in [6.45, 7) is 0. The summed E-state index contributed by atoms with van der Waals surface area (Å²) in [7, 11) is 0. The number of allylic oxidation sites excluding steroid dienone is 8. The van der Waals surface area contributed by atoms with Gasteiger partial charge in [0, 0.05) is 25.8 Å². The van der Waals surface area contributed by atoms with Gasteiger partial charge in [-0.1, -0.05) is 48.6 Å². The van der Waals surface area contributed by atoms with E-state index in [1.54, 1.807) is 0 Å². The number of hydrogen-bond acceptors (Lipinski definition) is 0. The van der Waals surface area contributed by atoms with Crippen molar-refractivity contribution >= 4 is 0 Å². The summed E-state index contributed by atoms with van der Waals surface area (Å²) in [6, 6.07) is 0. The van der Waals surface area contributed by atoms with E-state index >= 15 is 0 Å². The predicted octanol–water partition coefficient (Wildman–Crippen LogP) is -3.13. The molecule has 2 rings (SSSR count). The molecule has 0 fully saturated rings.